The fourth-order valence-corrected chi connectivity index (χ4v) is 4.96. The van der Waals surface area contributed by atoms with E-state index in [0.29, 0.717) is 0 Å². The van der Waals surface area contributed by atoms with Gasteiger partial charge in [0.2, 0.25) is 6.79 Å². The summed E-state index contributed by atoms with van der Waals surface area (Å²) < 4.78 is 23.4. The van der Waals surface area contributed by atoms with Crippen LogP contribution in [0.2, 0.25) is 0 Å². The number of likely N-dealkylation sites (tertiary alicyclic amines) is 1. The molecule has 5 rings (SSSR count). The molecule has 2 aromatic rings. The van der Waals surface area contributed by atoms with Crippen LogP contribution in [0, 0.1) is 5.92 Å². The van der Waals surface area contributed by atoms with Gasteiger partial charge < -0.3 is 18.9 Å². The maximum atomic E-state index is 6.70. The quantitative estimate of drug-likeness (QED) is 0.788. The highest BCUT2D eigenvalue weighted by molar-refractivity contribution is 5.56. The predicted molar refractivity (Wildman–Crippen MR) is 106 cm³/mol. The summed E-state index contributed by atoms with van der Waals surface area (Å²) in [5, 5.41) is 0. The molecule has 0 unspecified atom stereocenters. The zero-order valence-corrected chi connectivity index (χ0v) is 16.7. The first-order chi connectivity index (χ1) is 13.6. The first-order valence-electron chi connectivity index (χ1n) is 10.1. The summed E-state index contributed by atoms with van der Waals surface area (Å²) in [7, 11) is 1.70. The molecule has 1 fully saturated rings. The molecule has 2 aromatic carbocycles. The fraction of sp³-hybridized carbons (Fsp3) is 0.478. The first kappa shape index (κ1) is 17.7. The van der Waals surface area contributed by atoms with Crippen LogP contribution in [0.4, 0.5) is 0 Å². The predicted octanol–water partition coefficient (Wildman–Crippen LogP) is 4.40. The molecule has 3 aliphatic heterocycles. The van der Waals surface area contributed by atoms with Crippen molar-refractivity contribution in [2.24, 2.45) is 5.92 Å². The third-order valence-electron chi connectivity index (χ3n) is 6.71. The van der Waals surface area contributed by atoms with Crippen molar-refractivity contribution >= 4 is 0 Å². The second kappa shape index (κ2) is 6.59. The van der Waals surface area contributed by atoms with Crippen LogP contribution in [-0.4, -0.2) is 37.6 Å². The number of hydrogen-bond donors (Lipinski definition) is 0. The van der Waals surface area contributed by atoms with Crippen molar-refractivity contribution in [3.8, 4) is 23.0 Å². The van der Waals surface area contributed by atoms with Crippen LogP contribution in [0.5, 0.6) is 23.0 Å². The molecule has 28 heavy (non-hydrogen) atoms. The lowest BCUT2D eigenvalue weighted by Gasteiger charge is -2.50. The van der Waals surface area contributed by atoms with Gasteiger partial charge in [-0.25, -0.2) is 0 Å². The van der Waals surface area contributed by atoms with Gasteiger partial charge in [-0.15, -0.1) is 0 Å². The van der Waals surface area contributed by atoms with Gasteiger partial charge >= 0.3 is 0 Å². The summed E-state index contributed by atoms with van der Waals surface area (Å²) in [4.78, 5) is 2.50. The molecule has 0 bridgehead atoms. The minimum atomic E-state index is -0.359. The van der Waals surface area contributed by atoms with Gasteiger partial charge in [0, 0.05) is 36.6 Å². The van der Waals surface area contributed by atoms with Crippen molar-refractivity contribution in [2.75, 3.05) is 27.0 Å². The van der Waals surface area contributed by atoms with Gasteiger partial charge in [-0.1, -0.05) is 19.1 Å². The number of rotatable bonds is 3. The molecule has 0 radical (unpaired) electrons. The third-order valence-corrected chi connectivity index (χ3v) is 6.71. The minimum absolute atomic E-state index is 0.203. The van der Waals surface area contributed by atoms with E-state index in [1.807, 2.05) is 18.2 Å². The zero-order chi connectivity index (χ0) is 19.3. The van der Waals surface area contributed by atoms with Crippen molar-refractivity contribution in [2.45, 2.75) is 38.3 Å². The Morgan fingerprint density at radius 2 is 1.68 bits per heavy atom. The van der Waals surface area contributed by atoms with Crippen molar-refractivity contribution in [1.82, 2.24) is 4.90 Å². The Bertz CT molecular complexity index is 875. The van der Waals surface area contributed by atoms with Crippen molar-refractivity contribution in [3.63, 3.8) is 0 Å². The Morgan fingerprint density at radius 1 is 1.00 bits per heavy atom. The monoisotopic (exact) mass is 381 g/mol. The van der Waals surface area contributed by atoms with E-state index in [1.54, 1.807) is 7.11 Å². The second-order valence-electron chi connectivity index (χ2n) is 8.13. The Balaban J connectivity index is 1.64. The van der Waals surface area contributed by atoms with Crippen molar-refractivity contribution in [3.05, 3.63) is 47.5 Å². The number of fused-ring (bicyclic) bond motifs is 2. The van der Waals surface area contributed by atoms with E-state index in [4.69, 9.17) is 18.9 Å². The van der Waals surface area contributed by atoms with E-state index >= 15 is 0 Å². The maximum absolute atomic E-state index is 6.70. The first-order valence-corrected chi connectivity index (χ1v) is 10.1. The molecule has 0 amide bonds. The summed E-state index contributed by atoms with van der Waals surface area (Å²) in [5.74, 6) is 3.82. The molecule has 0 aliphatic carbocycles. The summed E-state index contributed by atoms with van der Waals surface area (Å²) >= 11 is 0. The molecule has 1 saturated heterocycles. The van der Waals surface area contributed by atoms with E-state index in [0.717, 1.165) is 36.1 Å². The molecule has 5 heteroatoms. The minimum Gasteiger partial charge on any atom is -0.497 e. The van der Waals surface area contributed by atoms with E-state index in [-0.39, 0.29) is 24.4 Å². The number of benzene rings is 2. The lowest BCUT2D eigenvalue weighted by molar-refractivity contribution is -0.114. The molecular formula is C23H27NO4. The van der Waals surface area contributed by atoms with Gasteiger partial charge in [-0.3, -0.25) is 4.90 Å². The van der Waals surface area contributed by atoms with E-state index in [9.17, 15) is 0 Å². The van der Waals surface area contributed by atoms with Crippen LogP contribution in [0.3, 0.4) is 0 Å². The third kappa shape index (κ3) is 2.64. The van der Waals surface area contributed by atoms with Gasteiger partial charge in [0.05, 0.1) is 7.11 Å². The molecule has 0 N–H and O–H groups in total. The Morgan fingerprint density at radius 3 is 2.36 bits per heavy atom. The smallest absolute Gasteiger partial charge is 0.231 e. The van der Waals surface area contributed by atoms with Gasteiger partial charge in [0.25, 0.3) is 0 Å². The summed E-state index contributed by atoms with van der Waals surface area (Å²) in [5.41, 5.74) is 2.07. The summed E-state index contributed by atoms with van der Waals surface area (Å²) in [6, 6.07) is 12.5. The normalized spacial score (nSPS) is 28.7. The zero-order valence-electron chi connectivity index (χ0n) is 16.7. The maximum Gasteiger partial charge on any atom is 0.231 e. The van der Waals surface area contributed by atoms with Crippen LogP contribution in [0.1, 0.15) is 43.7 Å². The number of hydrogen-bond acceptors (Lipinski definition) is 5. The SMILES string of the molecule is COc1ccc([C@@H]2c3cc4c(cc3O[C@@](C)(N3CCCC3)[C@H]2C)OCO4)cc1. The molecule has 0 spiro atoms. The van der Waals surface area contributed by atoms with Gasteiger partial charge in [-0.05, 0) is 43.5 Å². The highest BCUT2D eigenvalue weighted by Gasteiger charge is 2.49. The molecule has 3 atom stereocenters. The molecule has 5 nitrogen and oxygen atoms in total. The van der Waals surface area contributed by atoms with Crippen LogP contribution in [0.15, 0.2) is 36.4 Å². The van der Waals surface area contributed by atoms with Crippen LogP contribution >= 0.6 is 0 Å². The number of nitrogens with zero attached hydrogens (tertiary/aromatic N) is 1. The van der Waals surface area contributed by atoms with Crippen molar-refractivity contribution < 1.29 is 18.9 Å². The lowest BCUT2D eigenvalue weighted by Crippen LogP contribution is -2.57. The average Bonchev–Trinajstić information content (AvgIpc) is 3.40. The van der Waals surface area contributed by atoms with Crippen molar-refractivity contribution in [1.29, 1.82) is 0 Å². The highest BCUT2D eigenvalue weighted by atomic mass is 16.7. The summed E-state index contributed by atoms with van der Waals surface area (Å²) in [6.45, 7) is 6.98. The van der Waals surface area contributed by atoms with E-state index in [1.165, 1.54) is 24.0 Å². The van der Waals surface area contributed by atoms with E-state index in [2.05, 4.69) is 36.9 Å². The molecule has 3 aliphatic rings. The largest absolute Gasteiger partial charge is 0.497 e. The topological polar surface area (TPSA) is 40.2 Å². The fourth-order valence-electron chi connectivity index (χ4n) is 4.96. The molecule has 0 aromatic heterocycles. The number of ether oxygens (including phenoxy) is 4. The number of methoxy groups -OCH3 is 1. The van der Waals surface area contributed by atoms with Gasteiger partial charge in [0.1, 0.15) is 11.5 Å². The Kier molecular flexibility index (Phi) is 4.16. The van der Waals surface area contributed by atoms with Crippen LogP contribution < -0.4 is 18.9 Å². The molecular weight excluding hydrogens is 354 g/mol. The lowest BCUT2D eigenvalue weighted by atomic mass is 9.74. The molecule has 148 valence electrons. The highest BCUT2D eigenvalue weighted by Crippen LogP contribution is 2.53. The van der Waals surface area contributed by atoms with Crippen LogP contribution in [0.25, 0.3) is 0 Å². The molecule has 3 heterocycles. The van der Waals surface area contributed by atoms with Crippen LogP contribution in [-0.2, 0) is 0 Å². The van der Waals surface area contributed by atoms with Gasteiger partial charge in [0.15, 0.2) is 17.2 Å². The average molecular weight is 381 g/mol. The Hall–Kier alpha value is -2.40. The van der Waals surface area contributed by atoms with E-state index < -0.39 is 0 Å². The Labute approximate surface area is 166 Å². The second-order valence-corrected chi connectivity index (χ2v) is 8.13. The molecule has 0 saturated carbocycles. The summed E-state index contributed by atoms with van der Waals surface area (Å²) in [6.07, 6.45) is 2.46. The standard InChI is InChI=1S/C23H27NO4/c1-15-22(16-6-8-17(25-3)9-7-16)18-12-20-21(27-14-26-20)13-19(18)28-23(15,2)24-10-4-5-11-24/h6-9,12-13,15,22H,4-5,10-11,14H2,1-3H3/t15-,22+,23+/m0/s1. The van der Waals surface area contributed by atoms with Gasteiger partial charge in [-0.2, -0.15) is 0 Å².